The summed E-state index contributed by atoms with van der Waals surface area (Å²) in [5.41, 5.74) is 4.09. The molecule has 1 rings (SSSR count). The summed E-state index contributed by atoms with van der Waals surface area (Å²) in [6.45, 7) is 10.8. The summed E-state index contributed by atoms with van der Waals surface area (Å²) in [6.07, 6.45) is 1.18. The quantitative estimate of drug-likeness (QED) is 0.812. The van der Waals surface area contributed by atoms with Crippen molar-refractivity contribution in [2.24, 2.45) is 0 Å². The van der Waals surface area contributed by atoms with Gasteiger partial charge in [0.15, 0.2) is 0 Å². The zero-order chi connectivity index (χ0) is 12.8. The van der Waals surface area contributed by atoms with Crippen molar-refractivity contribution < 1.29 is 0 Å². The summed E-state index contributed by atoms with van der Waals surface area (Å²) in [5, 5.41) is 3.37. The monoisotopic (exact) mass is 234 g/mol. The summed E-state index contributed by atoms with van der Waals surface area (Å²) in [6, 6.07) is 7.35. The SMILES string of the molecule is CCNCc1ccc(N(C)C(C)CC)cc1C. The van der Waals surface area contributed by atoms with Gasteiger partial charge in [-0.2, -0.15) is 0 Å². The average molecular weight is 234 g/mol. The summed E-state index contributed by atoms with van der Waals surface area (Å²) < 4.78 is 0. The molecule has 0 fully saturated rings. The number of rotatable bonds is 6. The Kier molecular flexibility index (Phi) is 5.49. The summed E-state index contributed by atoms with van der Waals surface area (Å²) >= 11 is 0. The van der Waals surface area contributed by atoms with Crippen LogP contribution in [0.3, 0.4) is 0 Å². The predicted molar refractivity (Wildman–Crippen MR) is 76.7 cm³/mol. The maximum atomic E-state index is 3.37. The van der Waals surface area contributed by atoms with Crippen LogP contribution in [0.4, 0.5) is 5.69 Å². The van der Waals surface area contributed by atoms with Crippen molar-refractivity contribution >= 4 is 5.69 Å². The number of nitrogens with zero attached hydrogens (tertiary/aromatic N) is 1. The second-order valence-corrected chi connectivity index (χ2v) is 4.76. The zero-order valence-corrected chi connectivity index (χ0v) is 11.9. The number of anilines is 1. The van der Waals surface area contributed by atoms with E-state index in [0.717, 1.165) is 13.1 Å². The Labute approximate surface area is 106 Å². The van der Waals surface area contributed by atoms with Crippen LogP contribution >= 0.6 is 0 Å². The lowest BCUT2D eigenvalue weighted by atomic mass is 10.1. The molecular formula is C15H26N2. The fourth-order valence-electron chi connectivity index (χ4n) is 1.89. The van der Waals surface area contributed by atoms with E-state index in [4.69, 9.17) is 0 Å². The molecule has 0 amide bonds. The maximum absolute atomic E-state index is 3.37. The first-order valence-electron chi connectivity index (χ1n) is 6.63. The van der Waals surface area contributed by atoms with Crippen LogP contribution in [0.5, 0.6) is 0 Å². The Morgan fingerprint density at radius 2 is 2.00 bits per heavy atom. The van der Waals surface area contributed by atoms with Crippen LogP contribution in [-0.4, -0.2) is 19.6 Å². The highest BCUT2D eigenvalue weighted by Gasteiger charge is 2.08. The van der Waals surface area contributed by atoms with E-state index in [0.29, 0.717) is 6.04 Å². The first-order chi connectivity index (χ1) is 8.10. The van der Waals surface area contributed by atoms with E-state index < -0.39 is 0 Å². The Morgan fingerprint density at radius 1 is 1.29 bits per heavy atom. The molecule has 1 N–H and O–H groups in total. The molecule has 17 heavy (non-hydrogen) atoms. The lowest BCUT2D eigenvalue weighted by Gasteiger charge is -2.26. The molecule has 0 saturated heterocycles. The van der Waals surface area contributed by atoms with Crippen molar-refractivity contribution in [2.45, 2.75) is 46.7 Å². The van der Waals surface area contributed by atoms with Crippen LogP contribution in [0.2, 0.25) is 0 Å². The Balaban J connectivity index is 2.80. The van der Waals surface area contributed by atoms with Gasteiger partial charge in [0, 0.05) is 25.3 Å². The molecule has 1 atom stereocenters. The molecule has 0 spiro atoms. The Hall–Kier alpha value is -1.02. The smallest absolute Gasteiger partial charge is 0.0368 e. The third-order valence-corrected chi connectivity index (χ3v) is 3.55. The van der Waals surface area contributed by atoms with Gasteiger partial charge in [0.25, 0.3) is 0 Å². The minimum Gasteiger partial charge on any atom is -0.372 e. The van der Waals surface area contributed by atoms with Gasteiger partial charge < -0.3 is 10.2 Å². The van der Waals surface area contributed by atoms with E-state index in [1.54, 1.807) is 0 Å². The molecule has 0 aromatic heterocycles. The summed E-state index contributed by atoms with van der Waals surface area (Å²) in [4.78, 5) is 2.35. The third kappa shape index (κ3) is 3.74. The standard InChI is InChI=1S/C15H26N2/c1-6-13(4)17(5)15-9-8-14(11-16-7-2)12(3)10-15/h8-10,13,16H,6-7,11H2,1-5H3. The van der Waals surface area contributed by atoms with E-state index in [-0.39, 0.29) is 0 Å². The molecule has 2 nitrogen and oxygen atoms in total. The van der Waals surface area contributed by atoms with Gasteiger partial charge in [0.2, 0.25) is 0 Å². The molecule has 1 aromatic carbocycles. The fraction of sp³-hybridized carbons (Fsp3) is 0.600. The van der Waals surface area contributed by atoms with Gasteiger partial charge in [-0.05, 0) is 50.1 Å². The van der Waals surface area contributed by atoms with Gasteiger partial charge in [-0.25, -0.2) is 0 Å². The molecule has 1 aromatic rings. The van der Waals surface area contributed by atoms with E-state index in [2.05, 4.69) is 63.2 Å². The largest absolute Gasteiger partial charge is 0.372 e. The number of benzene rings is 1. The lowest BCUT2D eigenvalue weighted by Crippen LogP contribution is -2.28. The molecule has 2 heteroatoms. The highest BCUT2D eigenvalue weighted by Crippen LogP contribution is 2.20. The average Bonchev–Trinajstić information content (AvgIpc) is 2.35. The highest BCUT2D eigenvalue weighted by atomic mass is 15.1. The fourth-order valence-corrected chi connectivity index (χ4v) is 1.89. The van der Waals surface area contributed by atoms with Crippen LogP contribution in [0.1, 0.15) is 38.3 Å². The molecule has 0 aliphatic rings. The lowest BCUT2D eigenvalue weighted by molar-refractivity contribution is 0.663. The number of hydrogen-bond acceptors (Lipinski definition) is 2. The van der Waals surface area contributed by atoms with E-state index >= 15 is 0 Å². The molecule has 0 bridgehead atoms. The van der Waals surface area contributed by atoms with Crippen molar-refractivity contribution in [2.75, 3.05) is 18.5 Å². The normalized spacial score (nSPS) is 12.5. The number of nitrogens with one attached hydrogen (secondary N) is 1. The van der Waals surface area contributed by atoms with Crippen molar-refractivity contribution in [3.05, 3.63) is 29.3 Å². The molecular weight excluding hydrogens is 208 g/mol. The zero-order valence-electron chi connectivity index (χ0n) is 11.9. The minimum atomic E-state index is 0.592. The van der Waals surface area contributed by atoms with Gasteiger partial charge in [-0.1, -0.05) is 19.9 Å². The molecule has 96 valence electrons. The van der Waals surface area contributed by atoms with Crippen molar-refractivity contribution in [1.29, 1.82) is 0 Å². The Bertz CT molecular complexity index is 347. The van der Waals surface area contributed by atoms with Gasteiger partial charge in [0.1, 0.15) is 0 Å². The first kappa shape index (κ1) is 14.0. The second-order valence-electron chi connectivity index (χ2n) is 4.76. The third-order valence-electron chi connectivity index (χ3n) is 3.55. The van der Waals surface area contributed by atoms with Gasteiger partial charge in [-0.15, -0.1) is 0 Å². The predicted octanol–water partition coefficient (Wildman–Crippen LogP) is 3.34. The molecule has 0 aliphatic heterocycles. The van der Waals surface area contributed by atoms with Gasteiger partial charge in [0.05, 0.1) is 0 Å². The highest BCUT2D eigenvalue weighted by molar-refractivity contribution is 5.50. The van der Waals surface area contributed by atoms with E-state index in [1.165, 1.54) is 23.2 Å². The Morgan fingerprint density at radius 3 is 2.53 bits per heavy atom. The van der Waals surface area contributed by atoms with Crippen LogP contribution in [0.25, 0.3) is 0 Å². The van der Waals surface area contributed by atoms with Crippen molar-refractivity contribution in [1.82, 2.24) is 5.32 Å². The van der Waals surface area contributed by atoms with E-state index in [1.807, 2.05) is 0 Å². The number of aryl methyl sites for hydroxylation is 1. The van der Waals surface area contributed by atoms with Gasteiger partial charge in [-0.3, -0.25) is 0 Å². The van der Waals surface area contributed by atoms with Gasteiger partial charge >= 0.3 is 0 Å². The molecule has 0 saturated carbocycles. The topological polar surface area (TPSA) is 15.3 Å². The second kappa shape index (κ2) is 6.65. The maximum Gasteiger partial charge on any atom is 0.0368 e. The first-order valence-corrected chi connectivity index (χ1v) is 6.63. The van der Waals surface area contributed by atoms with Crippen molar-refractivity contribution in [3.63, 3.8) is 0 Å². The summed E-state index contributed by atoms with van der Waals surface area (Å²) in [7, 11) is 2.17. The van der Waals surface area contributed by atoms with Crippen LogP contribution in [-0.2, 0) is 6.54 Å². The van der Waals surface area contributed by atoms with Crippen LogP contribution < -0.4 is 10.2 Å². The minimum absolute atomic E-state index is 0.592. The molecule has 0 heterocycles. The van der Waals surface area contributed by atoms with E-state index in [9.17, 15) is 0 Å². The summed E-state index contributed by atoms with van der Waals surface area (Å²) in [5.74, 6) is 0. The van der Waals surface area contributed by atoms with Crippen LogP contribution in [0.15, 0.2) is 18.2 Å². The molecule has 0 aliphatic carbocycles. The van der Waals surface area contributed by atoms with Crippen LogP contribution in [0, 0.1) is 6.92 Å². The molecule has 0 radical (unpaired) electrons. The molecule has 1 unspecified atom stereocenters. The van der Waals surface area contributed by atoms with Crippen molar-refractivity contribution in [3.8, 4) is 0 Å². The number of hydrogen-bond donors (Lipinski definition) is 1.